The number of ketones is 2. The van der Waals surface area contributed by atoms with Gasteiger partial charge in [-0.15, -0.1) is 0 Å². The summed E-state index contributed by atoms with van der Waals surface area (Å²) in [6.07, 6.45) is -0.371. The molecule has 0 aliphatic carbocycles. The molecule has 7 heteroatoms. The van der Waals surface area contributed by atoms with Crippen LogP contribution in [-0.2, 0) is 4.79 Å². The Kier molecular flexibility index (Phi) is 4.90. The van der Waals surface area contributed by atoms with Crippen molar-refractivity contribution in [1.82, 2.24) is 4.90 Å². The monoisotopic (exact) mass is 364 g/mol. The smallest absolute Gasteiger partial charge is 0.261 e. The lowest BCUT2D eigenvalue weighted by Gasteiger charge is -2.14. The molecule has 0 bridgehead atoms. The van der Waals surface area contributed by atoms with Crippen LogP contribution in [0.25, 0.3) is 0 Å². The summed E-state index contributed by atoms with van der Waals surface area (Å²) in [7, 11) is 0. The van der Waals surface area contributed by atoms with Crippen molar-refractivity contribution < 1.29 is 23.6 Å². The van der Waals surface area contributed by atoms with Crippen LogP contribution in [0.4, 0.5) is 4.39 Å². The number of imide groups is 1. The molecule has 6 nitrogen and oxygen atoms in total. The Hall–Kier alpha value is -3.66. The summed E-state index contributed by atoms with van der Waals surface area (Å²) in [5.41, 5.74) is 0.140. The van der Waals surface area contributed by atoms with Crippen LogP contribution in [-0.4, -0.2) is 34.8 Å². The number of rotatable bonds is 6. The maximum Gasteiger partial charge on any atom is 0.261 e. The van der Waals surface area contributed by atoms with Gasteiger partial charge in [-0.05, 0) is 24.3 Å². The van der Waals surface area contributed by atoms with Crippen molar-refractivity contribution in [3.63, 3.8) is 0 Å². The van der Waals surface area contributed by atoms with E-state index in [4.69, 9.17) is 0 Å². The van der Waals surface area contributed by atoms with Gasteiger partial charge < -0.3 is 0 Å². The van der Waals surface area contributed by atoms with Gasteiger partial charge in [0.15, 0.2) is 17.5 Å². The van der Waals surface area contributed by atoms with Crippen LogP contribution < -0.4 is 0 Å². The summed E-state index contributed by atoms with van der Waals surface area (Å²) in [5, 5.41) is 9.20. The fourth-order valence-electron chi connectivity index (χ4n) is 2.90. The first-order valence-electron chi connectivity index (χ1n) is 8.12. The van der Waals surface area contributed by atoms with Crippen molar-refractivity contribution in [2.24, 2.45) is 5.92 Å². The summed E-state index contributed by atoms with van der Waals surface area (Å²) in [4.78, 5) is 50.1. The molecule has 134 valence electrons. The van der Waals surface area contributed by atoms with Gasteiger partial charge in [-0.2, -0.15) is 5.26 Å². The number of nitrogens with zero attached hydrogens (tertiary/aromatic N) is 2. The molecule has 0 radical (unpaired) electrons. The summed E-state index contributed by atoms with van der Waals surface area (Å²) in [6, 6.07) is 12.9. The van der Waals surface area contributed by atoms with E-state index in [2.05, 4.69) is 0 Å². The van der Waals surface area contributed by atoms with Crippen LogP contribution in [0.5, 0.6) is 0 Å². The van der Waals surface area contributed by atoms with Gasteiger partial charge in [-0.3, -0.25) is 24.1 Å². The molecule has 2 aromatic carbocycles. The normalized spacial score (nSPS) is 13.9. The minimum atomic E-state index is -1.70. The van der Waals surface area contributed by atoms with E-state index in [0.29, 0.717) is 0 Å². The third kappa shape index (κ3) is 3.25. The maximum absolute atomic E-state index is 13.7. The Morgan fingerprint density at radius 2 is 1.56 bits per heavy atom. The maximum atomic E-state index is 13.7. The highest BCUT2D eigenvalue weighted by atomic mass is 19.1. The van der Waals surface area contributed by atoms with Gasteiger partial charge in [0.1, 0.15) is 5.82 Å². The molecule has 1 heterocycles. The van der Waals surface area contributed by atoms with Crippen LogP contribution in [0.2, 0.25) is 0 Å². The summed E-state index contributed by atoms with van der Waals surface area (Å²) in [5.74, 6) is -5.30. The Morgan fingerprint density at radius 1 is 1.00 bits per heavy atom. The topological polar surface area (TPSA) is 95.3 Å². The minimum absolute atomic E-state index is 0.245. The van der Waals surface area contributed by atoms with Gasteiger partial charge in [0.2, 0.25) is 0 Å². The molecule has 2 aromatic rings. The fourth-order valence-corrected chi connectivity index (χ4v) is 2.90. The van der Waals surface area contributed by atoms with Crippen LogP contribution in [0, 0.1) is 23.1 Å². The number of amides is 2. The van der Waals surface area contributed by atoms with Gasteiger partial charge in [-0.25, -0.2) is 4.39 Å². The van der Waals surface area contributed by atoms with Crippen molar-refractivity contribution in [3.8, 4) is 6.07 Å². The van der Waals surface area contributed by atoms with Gasteiger partial charge in [0.25, 0.3) is 11.8 Å². The number of carbonyl (C=O) groups is 4. The molecule has 1 aliphatic rings. The number of nitriles is 1. The minimum Gasteiger partial charge on any atom is -0.298 e. The number of benzene rings is 2. The van der Waals surface area contributed by atoms with Gasteiger partial charge in [-0.1, -0.05) is 24.3 Å². The zero-order valence-corrected chi connectivity index (χ0v) is 14.0. The fraction of sp³-hybridized carbons (Fsp3) is 0.150. The number of carbonyl (C=O) groups excluding carboxylic acids is 4. The van der Waals surface area contributed by atoms with Crippen molar-refractivity contribution in [2.75, 3.05) is 6.54 Å². The summed E-state index contributed by atoms with van der Waals surface area (Å²) >= 11 is 0. The molecule has 0 fully saturated rings. The van der Waals surface area contributed by atoms with Crippen molar-refractivity contribution in [2.45, 2.75) is 6.42 Å². The largest absolute Gasteiger partial charge is 0.298 e. The first-order chi connectivity index (χ1) is 13.0. The number of halogens is 1. The Bertz CT molecular complexity index is 974. The zero-order chi connectivity index (χ0) is 19.6. The highest BCUT2D eigenvalue weighted by Gasteiger charge is 2.36. The van der Waals surface area contributed by atoms with E-state index in [-0.39, 0.29) is 29.7 Å². The zero-order valence-electron chi connectivity index (χ0n) is 14.0. The standard InChI is InChI=1S/C20H13FN2O4/c21-16-8-4-3-7-14(16)18(25)15(11-22)17(24)9-10-23-19(26)12-5-1-2-6-13(12)20(23)27/h1-8,15H,9-10H2. The third-order valence-corrected chi connectivity index (χ3v) is 4.31. The van der Waals surface area contributed by atoms with E-state index in [0.717, 1.165) is 11.0 Å². The number of fused-ring (bicyclic) bond motifs is 1. The van der Waals surface area contributed by atoms with Gasteiger partial charge >= 0.3 is 0 Å². The molecular formula is C20H13FN2O4. The molecular weight excluding hydrogens is 351 g/mol. The molecule has 3 rings (SSSR count). The van der Waals surface area contributed by atoms with E-state index in [9.17, 15) is 28.8 Å². The molecule has 1 aliphatic heterocycles. The second-order valence-corrected chi connectivity index (χ2v) is 5.93. The van der Waals surface area contributed by atoms with Crippen LogP contribution in [0.3, 0.4) is 0 Å². The first kappa shape index (κ1) is 18.1. The van der Waals surface area contributed by atoms with Crippen LogP contribution >= 0.6 is 0 Å². The molecule has 1 unspecified atom stereocenters. The molecule has 27 heavy (non-hydrogen) atoms. The number of Topliss-reactive ketones (excluding diaryl/α,β-unsaturated/α-hetero) is 2. The number of hydrogen-bond donors (Lipinski definition) is 0. The predicted octanol–water partition coefficient (Wildman–Crippen LogP) is 2.40. The van der Waals surface area contributed by atoms with Crippen LogP contribution in [0.15, 0.2) is 48.5 Å². The second-order valence-electron chi connectivity index (χ2n) is 5.93. The van der Waals surface area contributed by atoms with E-state index in [1.54, 1.807) is 18.2 Å². The first-order valence-corrected chi connectivity index (χ1v) is 8.12. The predicted molar refractivity (Wildman–Crippen MR) is 91.3 cm³/mol. The second kappa shape index (κ2) is 7.30. The number of hydrogen-bond acceptors (Lipinski definition) is 5. The lowest BCUT2D eigenvalue weighted by molar-refractivity contribution is -0.120. The van der Waals surface area contributed by atoms with E-state index in [1.807, 2.05) is 0 Å². The average Bonchev–Trinajstić information content (AvgIpc) is 2.91. The highest BCUT2D eigenvalue weighted by Crippen LogP contribution is 2.23. The lowest BCUT2D eigenvalue weighted by Crippen LogP contribution is -2.34. The van der Waals surface area contributed by atoms with Gasteiger partial charge in [0.05, 0.1) is 22.8 Å². The molecule has 2 amide bonds. The summed E-state index contributed by atoms with van der Waals surface area (Å²) in [6.45, 7) is -0.256. The van der Waals surface area contributed by atoms with E-state index >= 15 is 0 Å². The molecule has 0 saturated heterocycles. The van der Waals surface area contributed by atoms with Crippen LogP contribution in [0.1, 0.15) is 37.5 Å². The Balaban J connectivity index is 1.71. The van der Waals surface area contributed by atoms with E-state index in [1.165, 1.54) is 30.3 Å². The average molecular weight is 364 g/mol. The molecule has 0 aromatic heterocycles. The quantitative estimate of drug-likeness (QED) is 0.446. The highest BCUT2D eigenvalue weighted by molar-refractivity contribution is 6.21. The third-order valence-electron chi connectivity index (χ3n) is 4.31. The van der Waals surface area contributed by atoms with Gasteiger partial charge in [0, 0.05) is 13.0 Å². The van der Waals surface area contributed by atoms with Crippen molar-refractivity contribution in [1.29, 1.82) is 5.26 Å². The molecule has 0 saturated carbocycles. The molecule has 0 spiro atoms. The Morgan fingerprint density at radius 3 is 2.11 bits per heavy atom. The molecule has 1 atom stereocenters. The van der Waals surface area contributed by atoms with E-state index < -0.39 is 35.1 Å². The molecule has 0 N–H and O–H groups in total. The SMILES string of the molecule is N#CC(C(=O)CCN1C(=O)c2ccccc2C1=O)C(=O)c1ccccc1F. The summed E-state index contributed by atoms with van der Waals surface area (Å²) < 4.78 is 13.7. The van der Waals surface area contributed by atoms with Crippen molar-refractivity contribution in [3.05, 3.63) is 71.0 Å². The van der Waals surface area contributed by atoms with Crippen molar-refractivity contribution >= 4 is 23.4 Å². The Labute approximate surface area is 153 Å². The lowest BCUT2D eigenvalue weighted by atomic mass is 9.93.